The van der Waals surface area contributed by atoms with E-state index in [1.54, 1.807) is 40.7 Å². The van der Waals surface area contributed by atoms with Crippen molar-refractivity contribution >= 4 is 21.6 Å². The summed E-state index contributed by atoms with van der Waals surface area (Å²) in [6, 6.07) is 12.2. The van der Waals surface area contributed by atoms with Gasteiger partial charge in [-0.3, -0.25) is 4.79 Å². The van der Waals surface area contributed by atoms with Crippen LogP contribution in [0.3, 0.4) is 0 Å². The van der Waals surface area contributed by atoms with Crippen LogP contribution in [0, 0.1) is 0 Å². The van der Waals surface area contributed by atoms with E-state index in [2.05, 4.69) is 5.32 Å². The predicted octanol–water partition coefficient (Wildman–Crippen LogP) is 4.23. The van der Waals surface area contributed by atoms with E-state index in [1.165, 1.54) is 0 Å². The molecule has 1 saturated heterocycles. The molecule has 32 heavy (non-hydrogen) atoms. The fraction of sp³-hybridized carbons (Fsp3) is 0.458. The van der Waals surface area contributed by atoms with Crippen LogP contribution in [0.1, 0.15) is 45.1 Å². The molecule has 0 radical (unpaired) electrons. The number of carbonyl (C=O) groups excluding carboxylic acids is 1. The molecule has 0 saturated carbocycles. The van der Waals surface area contributed by atoms with Gasteiger partial charge < -0.3 is 14.8 Å². The third kappa shape index (κ3) is 6.23. The molecule has 2 aromatic rings. The molecule has 0 spiro atoms. The van der Waals surface area contributed by atoms with E-state index in [-0.39, 0.29) is 12.3 Å². The zero-order valence-corrected chi connectivity index (χ0v) is 19.6. The topological polar surface area (TPSA) is 84.9 Å². The number of aryl methyl sites for hydroxylation is 1. The average molecular weight is 461 g/mol. The van der Waals surface area contributed by atoms with Crippen molar-refractivity contribution in [2.45, 2.75) is 50.8 Å². The fourth-order valence-electron chi connectivity index (χ4n) is 3.70. The van der Waals surface area contributed by atoms with Gasteiger partial charge in [0.1, 0.15) is 11.5 Å². The highest BCUT2D eigenvalue weighted by molar-refractivity contribution is 7.89. The first-order valence-corrected chi connectivity index (χ1v) is 12.7. The molecule has 3 rings (SSSR count). The van der Waals surface area contributed by atoms with Crippen LogP contribution in [0.15, 0.2) is 47.4 Å². The molecule has 1 aliphatic heterocycles. The van der Waals surface area contributed by atoms with Gasteiger partial charge in [0.25, 0.3) is 0 Å². The Bertz CT molecular complexity index is 1000. The lowest BCUT2D eigenvalue weighted by Crippen LogP contribution is -2.35. The average Bonchev–Trinajstić information content (AvgIpc) is 2.80. The van der Waals surface area contributed by atoms with Crippen molar-refractivity contribution in [2.24, 2.45) is 0 Å². The van der Waals surface area contributed by atoms with Gasteiger partial charge in [0, 0.05) is 25.6 Å². The molecule has 2 aromatic carbocycles. The first-order chi connectivity index (χ1) is 15.4. The molecule has 0 atom stereocenters. The second-order valence-electron chi connectivity index (χ2n) is 7.68. The Morgan fingerprint density at radius 2 is 1.66 bits per heavy atom. The summed E-state index contributed by atoms with van der Waals surface area (Å²) in [5.41, 5.74) is 1.48. The SMILES string of the molecule is CCOc1ccc(OCC)c(NC(=O)CCc2ccc(S(=O)(=O)N3CCCCC3)cc2)c1. The molecule has 1 heterocycles. The molecule has 1 fully saturated rings. The van der Waals surface area contributed by atoms with E-state index in [0.29, 0.717) is 54.8 Å². The number of ether oxygens (including phenoxy) is 2. The highest BCUT2D eigenvalue weighted by Crippen LogP contribution is 2.30. The molecule has 174 valence electrons. The maximum atomic E-state index is 12.8. The number of hydrogen-bond donors (Lipinski definition) is 1. The maximum Gasteiger partial charge on any atom is 0.243 e. The summed E-state index contributed by atoms with van der Waals surface area (Å²) in [5.74, 6) is 1.11. The Hall–Kier alpha value is -2.58. The first kappa shape index (κ1) is 24.1. The Kier molecular flexibility index (Phi) is 8.53. The molecule has 8 heteroatoms. The summed E-state index contributed by atoms with van der Waals surface area (Å²) >= 11 is 0. The van der Waals surface area contributed by atoms with E-state index in [9.17, 15) is 13.2 Å². The summed E-state index contributed by atoms with van der Waals surface area (Å²) in [6.07, 6.45) is 3.67. The smallest absolute Gasteiger partial charge is 0.243 e. The number of amides is 1. The second-order valence-corrected chi connectivity index (χ2v) is 9.62. The minimum absolute atomic E-state index is 0.149. The molecule has 7 nitrogen and oxygen atoms in total. The van der Waals surface area contributed by atoms with Crippen LogP contribution in [0.5, 0.6) is 11.5 Å². The van der Waals surface area contributed by atoms with E-state index in [1.807, 2.05) is 19.9 Å². The lowest BCUT2D eigenvalue weighted by molar-refractivity contribution is -0.116. The molecule has 0 bridgehead atoms. The monoisotopic (exact) mass is 460 g/mol. The van der Waals surface area contributed by atoms with Crippen LogP contribution in [0.4, 0.5) is 5.69 Å². The van der Waals surface area contributed by atoms with Gasteiger partial charge >= 0.3 is 0 Å². The number of piperidine rings is 1. The Labute approximate surface area is 190 Å². The van der Waals surface area contributed by atoms with Gasteiger partial charge in [-0.15, -0.1) is 0 Å². The molecule has 0 unspecified atom stereocenters. The number of carbonyl (C=O) groups is 1. The molecular formula is C24H32N2O5S. The largest absolute Gasteiger partial charge is 0.494 e. The van der Waals surface area contributed by atoms with Gasteiger partial charge in [-0.25, -0.2) is 8.42 Å². The van der Waals surface area contributed by atoms with Crippen molar-refractivity contribution in [2.75, 3.05) is 31.6 Å². The molecular weight excluding hydrogens is 428 g/mol. The third-order valence-corrected chi connectivity index (χ3v) is 7.27. The molecule has 0 aromatic heterocycles. The van der Waals surface area contributed by atoms with Crippen LogP contribution in [0.25, 0.3) is 0 Å². The van der Waals surface area contributed by atoms with Crippen LogP contribution in [-0.4, -0.2) is 44.9 Å². The molecule has 1 amide bonds. The lowest BCUT2D eigenvalue weighted by Gasteiger charge is -2.25. The number of hydrogen-bond acceptors (Lipinski definition) is 5. The lowest BCUT2D eigenvalue weighted by atomic mass is 10.1. The van der Waals surface area contributed by atoms with Crippen LogP contribution < -0.4 is 14.8 Å². The van der Waals surface area contributed by atoms with Crippen molar-refractivity contribution in [3.05, 3.63) is 48.0 Å². The van der Waals surface area contributed by atoms with Crippen molar-refractivity contribution in [3.63, 3.8) is 0 Å². The van der Waals surface area contributed by atoms with Crippen molar-refractivity contribution < 1.29 is 22.7 Å². The van der Waals surface area contributed by atoms with Crippen molar-refractivity contribution in [1.82, 2.24) is 4.31 Å². The van der Waals surface area contributed by atoms with Gasteiger partial charge in [-0.1, -0.05) is 18.6 Å². The quantitative estimate of drug-likeness (QED) is 0.574. The third-order valence-electron chi connectivity index (χ3n) is 5.35. The minimum Gasteiger partial charge on any atom is -0.494 e. The van der Waals surface area contributed by atoms with Gasteiger partial charge in [0.15, 0.2) is 0 Å². The molecule has 1 N–H and O–H groups in total. The second kappa shape index (κ2) is 11.3. The predicted molar refractivity (Wildman–Crippen MR) is 125 cm³/mol. The number of nitrogens with zero attached hydrogens (tertiary/aromatic N) is 1. The van der Waals surface area contributed by atoms with E-state index in [0.717, 1.165) is 24.8 Å². The number of nitrogens with one attached hydrogen (secondary N) is 1. The highest BCUT2D eigenvalue weighted by Gasteiger charge is 2.25. The van der Waals surface area contributed by atoms with Gasteiger partial charge in [0.05, 0.1) is 23.8 Å². The van der Waals surface area contributed by atoms with Crippen LogP contribution >= 0.6 is 0 Å². The van der Waals surface area contributed by atoms with Crippen molar-refractivity contribution in [1.29, 1.82) is 0 Å². The summed E-state index contributed by atoms with van der Waals surface area (Å²) in [4.78, 5) is 12.8. The van der Waals surface area contributed by atoms with Crippen LogP contribution in [-0.2, 0) is 21.2 Å². The van der Waals surface area contributed by atoms with Gasteiger partial charge in [-0.2, -0.15) is 4.31 Å². The number of sulfonamides is 1. The first-order valence-electron chi connectivity index (χ1n) is 11.2. The zero-order valence-electron chi connectivity index (χ0n) is 18.8. The van der Waals surface area contributed by atoms with Gasteiger partial charge in [0.2, 0.25) is 15.9 Å². The van der Waals surface area contributed by atoms with Gasteiger partial charge in [-0.05, 0) is 62.9 Å². The summed E-state index contributed by atoms with van der Waals surface area (Å²) < 4.78 is 38.2. The highest BCUT2D eigenvalue weighted by atomic mass is 32.2. The summed E-state index contributed by atoms with van der Waals surface area (Å²) in [7, 11) is -3.44. The van der Waals surface area contributed by atoms with E-state index >= 15 is 0 Å². The molecule has 1 aliphatic rings. The minimum atomic E-state index is -3.44. The maximum absolute atomic E-state index is 12.8. The van der Waals surface area contributed by atoms with Crippen LogP contribution in [0.2, 0.25) is 0 Å². The zero-order chi connectivity index (χ0) is 23.0. The Morgan fingerprint density at radius 1 is 0.969 bits per heavy atom. The normalized spacial score (nSPS) is 14.7. The number of rotatable bonds is 10. The van der Waals surface area contributed by atoms with Crippen molar-refractivity contribution in [3.8, 4) is 11.5 Å². The van der Waals surface area contributed by atoms with E-state index < -0.39 is 10.0 Å². The Balaban J connectivity index is 1.60. The number of benzene rings is 2. The fourth-order valence-corrected chi connectivity index (χ4v) is 5.21. The van der Waals surface area contributed by atoms with E-state index in [4.69, 9.17) is 9.47 Å². The Morgan fingerprint density at radius 3 is 2.31 bits per heavy atom. The summed E-state index contributed by atoms with van der Waals surface area (Å²) in [6.45, 7) is 5.97. The standard InChI is InChI=1S/C24H32N2O5S/c1-3-30-20-11-14-23(31-4-2)22(18-20)25-24(27)15-10-19-8-12-21(13-9-19)32(28,29)26-16-6-5-7-17-26/h8-9,11-14,18H,3-7,10,15-17H2,1-2H3,(H,25,27). The molecule has 0 aliphatic carbocycles. The summed E-state index contributed by atoms with van der Waals surface area (Å²) in [5, 5.41) is 2.90. The number of anilines is 1.